The van der Waals surface area contributed by atoms with Crippen LogP contribution in [0.2, 0.25) is 0 Å². The smallest absolute Gasteiger partial charge is 0.317 e. The molecule has 2 atom stereocenters. The molecule has 152 valence electrons. The summed E-state index contributed by atoms with van der Waals surface area (Å²) < 4.78 is 0. The van der Waals surface area contributed by atoms with E-state index in [1.165, 1.54) is 29.7 Å². The molecule has 0 radical (unpaired) electrons. The summed E-state index contributed by atoms with van der Waals surface area (Å²) in [6.45, 7) is 1.27. The van der Waals surface area contributed by atoms with E-state index in [2.05, 4.69) is 28.8 Å². The number of thioether (sulfide) groups is 1. The maximum absolute atomic E-state index is 12.9. The van der Waals surface area contributed by atoms with E-state index in [9.17, 15) is 9.59 Å². The maximum Gasteiger partial charge on any atom is 0.317 e. The van der Waals surface area contributed by atoms with Crippen molar-refractivity contribution in [2.75, 3.05) is 18.8 Å². The van der Waals surface area contributed by atoms with Gasteiger partial charge in [0.2, 0.25) is 5.91 Å². The lowest BCUT2D eigenvalue weighted by Crippen LogP contribution is -2.51. The van der Waals surface area contributed by atoms with E-state index >= 15 is 0 Å². The van der Waals surface area contributed by atoms with E-state index in [0.717, 1.165) is 44.4 Å². The third-order valence-electron chi connectivity index (χ3n) is 6.29. The van der Waals surface area contributed by atoms with Crippen molar-refractivity contribution in [3.63, 3.8) is 0 Å². The Bertz CT molecular complexity index is 705. The number of amides is 3. The van der Waals surface area contributed by atoms with Crippen LogP contribution in [0.1, 0.15) is 63.0 Å². The maximum atomic E-state index is 12.9. The van der Waals surface area contributed by atoms with Gasteiger partial charge in [0, 0.05) is 29.8 Å². The number of nitrogens with zero attached hydrogens (tertiary/aromatic N) is 1. The van der Waals surface area contributed by atoms with Gasteiger partial charge in [0.25, 0.3) is 0 Å². The van der Waals surface area contributed by atoms with E-state index in [1.807, 2.05) is 22.7 Å². The molecule has 0 aromatic heterocycles. The highest BCUT2D eigenvalue weighted by molar-refractivity contribution is 7.99. The first-order valence-electron chi connectivity index (χ1n) is 10.8. The third kappa shape index (κ3) is 4.65. The van der Waals surface area contributed by atoms with Gasteiger partial charge >= 0.3 is 6.03 Å². The first-order chi connectivity index (χ1) is 13.7. The molecule has 5 nitrogen and oxygen atoms in total. The zero-order valence-corrected chi connectivity index (χ0v) is 17.3. The molecule has 0 unspecified atom stereocenters. The van der Waals surface area contributed by atoms with Gasteiger partial charge in [-0.15, -0.1) is 11.8 Å². The summed E-state index contributed by atoms with van der Waals surface area (Å²) in [7, 11) is 0. The Morgan fingerprint density at radius 3 is 2.64 bits per heavy atom. The Morgan fingerprint density at radius 1 is 0.964 bits per heavy atom. The van der Waals surface area contributed by atoms with E-state index in [1.54, 1.807) is 0 Å². The zero-order valence-electron chi connectivity index (χ0n) is 16.5. The van der Waals surface area contributed by atoms with Crippen molar-refractivity contribution in [2.45, 2.75) is 68.3 Å². The van der Waals surface area contributed by atoms with Crippen molar-refractivity contribution in [1.29, 1.82) is 0 Å². The number of hydrogen-bond acceptors (Lipinski definition) is 3. The Hall–Kier alpha value is -1.69. The Kier molecular flexibility index (Phi) is 6.45. The van der Waals surface area contributed by atoms with Gasteiger partial charge in [-0.25, -0.2) is 4.79 Å². The molecule has 3 aliphatic rings. The second-order valence-corrected chi connectivity index (χ2v) is 9.44. The average Bonchev–Trinajstić information content (AvgIpc) is 2.75. The van der Waals surface area contributed by atoms with Crippen molar-refractivity contribution < 1.29 is 9.59 Å². The highest BCUT2D eigenvalue weighted by atomic mass is 32.2. The number of nitrogens with one attached hydrogen (secondary N) is 2. The monoisotopic (exact) mass is 401 g/mol. The first kappa shape index (κ1) is 19.6. The van der Waals surface area contributed by atoms with Gasteiger partial charge in [-0.05, 0) is 43.7 Å². The van der Waals surface area contributed by atoms with Crippen LogP contribution in [0.25, 0.3) is 0 Å². The van der Waals surface area contributed by atoms with Crippen LogP contribution < -0.4 is 10.6 Å². The van der Waals surface area contributed by atoms with Crippen molar-refractivity contribution in [3.8, 4) is 0 Å². The molecule has 6 heteroatoms. The molecule has 1 saturated heterocycles. The van der Waals surface area contributed by atoms with Crippen LogP contribution in [-0.4, -0.2) is 41.7 Å². The van der Waals surface area contributed by atoms with Crippen LogP contribution in [0.4, 0.5) is 4.79 Å². The quantitative estimate of drug-likeness (QED) is 0.802. The summed E-state index contributed by atoms with van der Waals surface area (Å²) >= 11 is 1.86. The van der Waals surface area contributed by atoms with Crippen LogP contribution >= 0.6 is 11.8 Å². The molecule has 2 fully saturated rings. The van der Waals surface area contributed by atoms with E-state index in [4.69, 9.17) is 0 Å². The lowest BCUT2D eigenvalue weighted by atomic mass is 9.93. The number of benzene rings is 1. The van der Waals surface area contributed by atoms with Gasteiger partial charge in [0.15, 0.2) is 0 Å². The number of rotatable bonds is 3. The van der Waals surface area contributed by atoms with Crippen LogP contribution in [0, 0.1) is 5.92 Å². The Labute approximate surface area is 172 Å². The molecule has 1 aromatic rings. The van der Waals surface area contributed by atoms with E-state index in [-0.39, 0.29) is 23.9 Å². The van der Waals surface area contributed by atoms with E-state index in [0.29, 0.717) is 12.6 Å². The highest BCUT2D eigenvalue weighted by Crippen LogP contribution is 2.36. The second-order valence-electron chi connectivity index (χ2n) is 8.31. The average molecular weight is 402 g/mol. The fourth-order valence-corrected chi connectivity index (χ4v) is 5.80. The molecule has 1 aromatic carbocycles. The molecule has 1 saturated carbocycles. The molecule has 0 spiro atoms. The van der Waals surface area contributed by atoms with Gasteiger partial charge in [-0.1, -0.05) is 37.5 Å². The van der Waals surface area contributed by atoms with Crippen molar-refractivity contribution in [2.24, 2.45) is 5.92 Å². The second kappa shape index (κ2) is 9.21. The number of urea groups is 1. The van der Waals surface area contributed by atoms with Gasteiger partial charge in [0.1, 0.15) is 0 Å². The van der Waals surface area contributed by atoms with Crippen LogP contribution in [0.5, 0.6) is 0 Å². The summed E-state index contributed by atoms with van der Waals surface area (Å²) in [6.07, 6.45) is 8.64. The number of piperidine rings is 1. The fourth-order valence-electron chi connectivity index (χ4n) is 4.67. The summed E-state index contributed by atoms with van der Waals surface area (Å²) in [6, 6.07) is 8.71. The molecular weight excluding hydrogens is 370 g/mol. The molecule has 2 heterocycles. The minimum absolute atomic E-state index is 0.0260. The van der Waals surface area contributed by atoms with Gasteiger partial charge in [-0.3, -0.25) is 4.79 Å². The number of carbonyl (C=O) groups excluding carboxylic acids is 2. The zero-order chi connectivity index (χ0) is 19.3. The van der Waals surface area contributed by atoms with Crippen molar-refractivity contribution in [1.82, 2.24) is 15.5 Å². The Balaban J connectivity index is 1.33. The van der Waals surface area contributed by atoms with Gasteiger partial charge in [-0.2, -0.15) is 0 Å². The summed E-state index contributed by atoms with van der Waals surface area (Å²) in [4.78, 5) is 28.7. The minimum atomic E-state index is -0.0735. The summed E-state index contributed by atoms with van der Waals surface area (Å²) in [5.74, 6) is 1.09. The predicted molar refractivity (Wildman–Crippen MR) is 112 cm³/mol. The fraction of sp³-hybridized carbons (Fsp3) is 0.636. The highest BCUT2D eigenvalue weighted by Gasteiger charge is 2.31. The van der Waals surface area contributed by atoms with Crippen molar-refractivity contribution >= 4 is 23.7 Å². The molecule has 4 rings (SSSR count). The summed E-state index contributed by atoms with van der Waals surface area (Å²) in [5, 5.41) is 6.47. The number of carbonyl (C=O) groups is 2. The summed E-state index contributed by atoms with van der Waals surface area (Å²) in [5.41, 5.74) is 1.22. The first-order valence-corrected chi connectivity index (χ1v) is 11.8. The minimum Gasteiger partial charge on any atom is -0.353 e. The number of fused-ring (bicyclic) bond motifs is 1. The lowest BCUT2D eigenvalue weighted by Gasteiger charge is -2.35. The molecule has 2 aliphatic heterocycles. The van der Waals surface area contributed by atoms with Gasteiger partial charge < -0.3 is 15.5 Å². The topological polar surface area (TPSA) is 61.4 Å². The molecule has 28 heavy (non-hydrogen) atoms. The molecular formula is C22H31N3O2S. The largest absolute Gasteiger partial charge is 0.353 e. The molecule has 2 N–H and O–H groups in total. The predicted octanol–water partition coefficient (Wildman–Crippen LogP) is 4.09. The van der Waals surface area contributed by atoms with Crippen LogP contribution in [-0.2, 0) is 4.79 Å². The normalized spacial score (nSPS) is 25.6. The van der Waals surface area contributed by atoms with E-state index < -0.39 is 0 Å². The Morgan fingerprint density at radius 2 is 1.79 bits per heavy atom. The number of likely N-dealkylation sites (tertiary alicyclic amines) is 1. The lowest BCUT2D eigenvalue weighted by molar-refractivity contribution is -0.127. The van der Waals surface area contributed by atoms with Gasteiger partial charge in [0.05, 0.1) is 12.0 Å². The van der Waals surface area contributed by atoms with Crippen LogP contribution in [0.15, 0.2) is 29.2 Å². The SMILES string of the molecule is O=C(NC1CCCCC1)[C@@H]1CCCN(C(=O)N[C@@H]2CCSc3ccccc32)C1. The standard InChI is InChI=1S/C22H31N3O2S/c26-21(23-17-8-2-1-3-9-17)16-7-6-13-25(15-16)22(27)24-19-12-14-28-20-11-5-4-10-18(19)20/h4-5,10-11,16-17,19H,1-3,6-9,12-15H2,(H,23,26)(H,24,27)/t16-,19-/m1/s1. The molecule has 1 aliphatic carbocycles. The van der Waals surface area contributed by atoms with Crippen molar-refractivity contribution in [3.05, 3.63) is 29.8 Å². The molecule has 3 amide bonds. The number of hydrogen-bond donors (Lipinski definition) is 2. The van der Waals surface area contributed by atoms with Crippen LogP contribution in [0.3, 0.4) is 0 Å². The third-order valence-corrected chi connectivity index (χ3v) is 7.41. The molecule has 0 bridgehead atoms.